The van der Waals surface area contributed by atoms with Crippen LogP contribution in [-0.2, 0) is 32.0 Å². The molecule has 0 fully saturated rings. The molecule has 0 saturated heterocycles. The molecule has 0 aliphatic carbocycles. The van der Waals surface area contributed by atoms with Crippen molar-refractivity contribution in [3.63, 3.8) is 0 Å². The highest BCUT2D eigenvalue weighted by atomic mass is 16.4. The quantitative estimate of drug-likeness (QED) is 0.138. The second-order valence-electron chi connectivity index (χ2n) is 10.4. The molecule has 0 radical (unpaired) electrons. The first-order valence-electron chi connectivity index (χ1n) is 13.3. The van der Waals surface area contributed by atoms with Gasteiger partial charge in [-0.15, -0.1) is 0 Å². The average molecular weight is 568 g/mol. The average Bonchev–Trinajstić information content (AvgIpc) is 3.34. The minimum atomic E-state index is -1.46. The predicted octanol–water partition coefficient (Wildman–Crippen LogP) is 0.563. The summed E-state index contributed by atoms with van der Waals surface area (Å²) in [5.74, 6) is -3.52. The number of hydrogen-bond donors (Lipinski definition) is 8. The zero-order valence-electron chi connectivity index (χ0n) is 23.0. The highest BCUT2D eigenvalue weighted by Crippen LogP contribution is 2.19. The number of aromatic amines is 1. The SMILES string of the molecule is CC(C)CC(NC(=O)C(CO)NC(=O)C(Cc1ccc(O)cc1)NC(=O)C(N)Cc1c[nH]c2ccccc12)C(=O)O. The van der Waals surface area contributed by atoms with Crippen LogP contribution >= 0.6 is 0 Å². The zero-order valence-corrected chi connectivity index (χ0v) is 23.0. The van der Waals surface area contributed by atoms with E-state index in [0.717, 1.165) is 16.5 Å². The molecule has 2 aromatic carbocycles. The van der Waals surface area contributed by atoms with Crippen molar-refractivity contribution in [3.05, 3.63) is 65.9 Å². The van der Waals surface area contributed by atoms with Gasteiger partial charge in [-0.05, 0) is 48.1 Å². The molecule has 9 N–H and O–H groups in total. The normalized spacial score (nSPS) is 14.2. The van der Waals surface area contributed by atoms with E-state index in [4.69, 9.17) is 5.73 Å². The predicted molar refractivity (Wildman–Crippen MR) is 152 cm³/mol. The third-order valence-electron chi connectivity index (χ3n) is 6.60. The lowest BCUT2D eigenvalue weighted by Crippen LogP contribution is -2.58. The summed E-state index contributed by atoms with van der Waals surface area (Å²) in [5.41, 5.74) is 8.53. The molecule has 3 aromatic rings. The van der Waals surface area contributed by atoms with Crippen LogP contribution in [0, 0.1) is 5.92 Å². The topological polar surface area (TPSA) is 207 Å². The van der Waals surface area contributed by atoms with Gasteiger partial charge in [0.05, 0.1) is 12.6 Å². The van der Waals surface area contributed by atoms with Crippen LogP contribution in [0.25, 0.3) is 10.9 Å². The molecule has 4 unspecified atom stereocenters. The first-order chi connectivity index (χ1) is 19.5. The van der Waals surface area contributed by atoms with Crippen LogP contribution < -0.4 is 21.7 Å². The molecule has 1 heterocycles. The van der Waals surface area contributed by atoms with Gasteiger partial charge in [0.1, 0.15) is 23.9 Å². The molecule has 0 aliphatic heterocycles. The van der Waals surface area contributed by atoms with Gasteiger partial charge in [0, 0.05) is 23.5 Å². The van der Waals surface area contributed by atoms with E-state index < -0.39 is 54.5 Å². The zero-order chi connectivity index (χ0) is 30.1. The Hall–Kier alpha value is -4.42. The van der Waals surface area contributed by atoms with E-state index in [1.807, 2.05) is 24.3 Å². The molecular formula is C29H37N5O7. The molecule has 1 aromatic heterocycles. The van der Waals surface area contributed by atoms with Crippen LogP contribution in [0.4, 0.5) is 0 Å². The number of aliphatic hydroxyl groups is 1. The van der Waals surface area contributed by atoms with Crippen molar-refractivity contribution in [2.24, 2.45) is 11.7 Å². The van der Waals surface area contributed by atoms with Crippen LogP contribution in [0.5, 0.6) is 5.75 Å². The van der Waals surface area contributed by atoms with E-state index in [-0.39, 0.29) is 30.9 Å². The number of hydrogen-bond acceptors (Lipinski definition) is 7. The number of amides is 3. The number of nitrogens with two attached hydrogens (primary N) is 1. The Labute approximate surface area is 237 Å². The number of para-hydroxylation sites is 1. The van der Waals surface area contributed by atoms with E-state index in [0.29, 0.717) is 5.56 Å². The number of benzene rings is 2. The summed E-state index contributed by atoms with van der Waals surface area (Å²) in [7, 11) is 0. The molecule has 0 aliphatic rings. The summed E-state index contributed by atoms with van der Waals surface area (Å²) in [5, 5.41) is 37.2. The van der Waals surface area contributed by atoms with Crippen molar-refractivity contribution < 1.29 is 34.5 Å². The smallest absolute Gasteiger partial charge is 0.326 e. The number of phenolic OH excluding ortho intramolecular Hbond substituents is 1. The van der Waals surface area contributed by atoms with Gasteiger partial charge in [-0.3, -0.25) is 14.4 Å². The van der Waals surface area contributed by atoms with Gasteiger partial charge >= 0.3 is 5.97 Å². The minimum Gasteiger partial charge on any atom is -0.508 e. The number of carboxylic acids is 1. The van der Waals surface area contributed by atoms with Gasteiger partial charge in [-0.2, -0.15) is 0 Å². The van der Waals surface area contributed by atoms with Crippen LogP contribution in [0.3, 0.4) is 0 Å². The van der Waals surface area contributed by atoms with Crippen molar-refractivity contribution in [3.8, 4) is 5.75 Å². The molecule has 0 saturated carbocycles. The lowest BCUT2D eigenvalue weighted by Gasteiger charge is -2.25. The number of H-pyrrole nitrogens is 1. The Balaban J connectivity index is 1.74. The van der Waals surface area contributed by atoms with Gasteiger partial charge in [-0.1, -0.05) is 44.2 Å². The second kappa shape index (κ2) is 14.3. The second-order valence-corrected chi connectivity index (χ2v) is 10.4. The summed E-state index contributed by atoms with van der Waals surface area (Å²) < 4.78 is 0. The fourth-order valence-corrected chi connectivity index (χ4v) is 4.42. The number of carboxylic acid groups (broad SMARTS) is 1. The molecule has 41 heavy (non-hydrogen) atoms. The Kier molecular flexibility index (Phi) is 10.8. The molecule has 12 heteroatoms. The standard InChI is InChI=1S/C29H37N5O7/c1-16(2)11-24(29(40)41)33-28(39)25(15-35)34-27(38)23(12-17-7-9-19(36)10-8-17)32-26(37)21(30)13-18-14-31-22-6-4-3-5-20(18)22/h3-10,14,16,21,23-25,31,35-36H,11-13,15,30H2,1-2H3,(H,32,37)(H,33,39)(H,34,38)(H,40,41). The number of aromatic nitrogens is 1. The Morgan fingerprint density at radius 2 is 1.46 bits per heavy atom. The Morgan fingerprint density at radius 3 is 2.10 bits per heavy atom. The first kappa shape index (κ1) is 31.1. The van der Waals surface area contributed by atoms with Crippen LogP contribution in [0.1, 0.15) is 31.4 Å². The lowest BCUT2D eigenvalue weighted by molar-refractivity contribution is -0.143. The summed E-state index contributed by atoms with van der Waals surface area (Å²) in [6.45, 7) is 2.80. The molecular weight excluding hydrogens is 530 g/mol. The van der Waals surface area contributed by atoms with Crippen LogP contribution in [-0.4, -0.2) is 74.8 Å². The maximum absolute atomic E-state index is 13.3. The van der Waals surface area contributed by atoms with E-state index in [9.17, 15) is 34.5 Å². The number of nitrogens with one attached hydrogen (secondary N) is 4. The van der Waals surface area contributed by atoms with Crippen molar-refractivity contribution in [1.29, 1.82) is 0 Å². The highest BCUT2D eigenvalue weighted by molar-refractivity contribution is 5.94. The van der Waals surface area contributed by atoms with Gasteiger partial charge in [0.15, 0.2) is 0 Å². The molecule has 3 rings (SSSR count). The summed E-state index contributed by atoms with van der Waals surface area (Å²) in [6.07, 6.45) is 2.10. The van der Waals surface area contributed by atoms with Crippen molar-refractivity contribution in [1.82, 2.24) is 20.9 Å². The first-order valence-corrected chi connectivity index (χ1v) is 13.3. The highest BCUT2D eigenvalue weighted by Gasteiger charge is 2.30. The number of carbonyl (C=O) groups is 4. The van der Waals surface area contributed by atoms with Gasteiger partial charge in [0.2, 0.25) is 17.7 Å². The number of phenols is 1. The van der Waals surface area contributed by atoms with Crippen molar-refractivity contribution in [2.75, 3.05) is 6.61 Å². The lowest BCUT2D eigenvalue weighted by atomic mass is 10.0. The van der Waals surface area contributed by atoms with Crippen LogP contribution in [0.2, 0.25) is 0 Å². The van der Waals surface area contributed by atoms with Gasteiger partial charge in [0.25, 0.3) is 0 Å². The molecule has 4 atom stereocenters. The fourth-order valence-electron chi connectivity index (χ4n) is 4.42. The van der Waals surface area contributed by atoms with Gasteiger partial charge < -0.3 is 42.0 Å². The summed E-state index contributed by atoms with van der Waals surface area (Å²) in [4.78, 5) is 53.9. The Bertz CT molecular complexity index is 1360. The number of aliphatic hydroxyl groups excluding tert-OH is 1. The van der Waals surface area contributed by atoms with E-state index in [2.05, 4.69) is 20.9 Å². The Morgan fingerprint density at radius 1 is 0.854 bits per heavy atom. The third-order valence-corrected chi connectivity index (χ3v) is 6.60. The maximum atomic E-state index is 13.3. The number of aliphatic carboxylic acids is 1. The summed E-state index contributed by atoms with van der Waals surface area (Å²) in [6, 6.07) is 8.70. The van der Waals surface area contributed by atoms with E-state index >= 15 is 0 Å². The number of fused-ring (bicyclic) bond motifs is 1. The fraction of sp³-hybridized carbons (Fsp3) is 0.379. The number of aromatic hydroxyl groups is 1. The molecule has 0 bridgehead atoms. The maximum Gasteiger partial charge on any atom is 0.326 e. The monoisotopic (exact) mass is 567 g/mol. The number of rotatable bonds is 14. The van der Waals surface area contributed by atoms with E-state index in [1.165, 1.54) is 12.1 Å². The third kappa shape index (κ3) is 8.78. The van der Waals surface area contributed by atoms with Crippen molar-refractivity contribution >= 4 is 34.6 Å². The molecule has 0 spiro atoms. The summed E-state index contributed by atoms with van der Waals surface area (Å²) >= 11 is 0. The molecule has 220 valence electrons. The molecule has 3 amide bonds. The van der Waals surface area contributed by atoms with Gasteiger partial charge in [-0.25, -0.2) is 4.79 Å². The molecule has 12 nitrogen and oxygen atoms in total. The van der Waals surface area contributed by atoms with E-state index in [1.54, 1.807) is 32.2 Å². The van der Waals surface area contributed by atoms with Crippen molar-refractivity contribution in [2.45, 2.75) is 57.3 Å². The largest absolute Gasteiger partial charge is 0.508 e. The number of carbonyl (C=O) groups excluding carboxylic acids is 3. The minimum absolute atomic E-state index is 0.0114. The van der Waals surface area contributed by atoms with Crippen LogP contribution in [0.15, 0.2) is 54.7 Å².